The summed E-state index contributed by atoms with van der Waals surface area (Å²) >= 11 is 0. The molecule has 0 radical (unpaired) electrons. The van der Waals surface area contributed by atoms with E-state index in [1.165, 1.54) is 6.92 Å². The van der Waals surface area contributed by atoms with Crippen LogP contribution < -0.4 is 10.6 Å². The number of anilines is 2. The fourth-order valence-electron chi connectivity index (χ4n) is 3.33. The van der Waals surface area contributed by atoms with E-state index >= 15 is 0 Å². The van der Waals surface area contributed by atoms with Crippen molar-refractivity contribution < 1.29 is 14.4 Å². The minimum absolute atomic E-state index is 0.0123. The molecule has 3 rings (SSSR count). The summed E-state index contributed by atoms with van der Waals surface area (Å²) in [7, 11) is 0. The third kappa shape index (κ3) is 4.00. The number of nitrogens with one attached hydrogen (secondary N) is 2. The van der Waals surface area contributed by atoms with E-state index in [0.717, 1.165) is 38.8 Å². The Bertz CT molecular complexity index is 657. The summed E-state index contributed by atoms with van der Waals surface area (Å²) in [6, 6.07) is 6.92. The molecule has 1 aromatic rings. The molecule has 2 N–H and O–H groups in total. The highest BCUT2D eigenvalue weighted by Gasteiger charge is 2.57. The molecule has 0 atom stereocenters. The SMILES string of the molecule is CC(=O)Nc1ccc(NC(=O)C2(C(=O)N3CCCCCC3)CC2)cc1. The molecule has 0 unspecified atom stereocenters. The van der Waals surface area contributed by atoms with Crippen LogP contribution in [0.5, 0.6) is 0 Å². The second-order valence-corrected chi connectivity index (χ2v) is 7.00. The summed E-state index contributed by atoms with van der Waals surface area (Å²) in [5, 5.41) is 5.54. The smallest absolute Gasteiger partial charge is 0.240 e. The molecule has 2 aliphatic rings. The third-order valence-electron chi connectivity index (χ3n) is 4.95. The van der Waals surface area contributed by atoms with Gasteiger partial charge in [-0.2, -0.15) is 0 Å². The molecular formula is C19H25N3O3. The Hall–Kier alpha value is -2.37. The number of likely N-dealkylation sites (tertiary alicyclic amines) is 1. The van der Waals surface area contributed by atoms with Crippen LogP contribution in [0.4, 0.5) is 11.4 Å². The van der Waals surface area contributed by atoms with E-state index in [4.69, 9.17) is 0 Å². The molecule has 0 bridgehead atoms. The van der Waals surface area contributed by atoms with Gasteiger partial charge in [0.1, 0.15) is 5.41 Å². The maximum absolute atomic E-state index is 12.9. The van der Waals surface area contributed by atoms with E-state index < -0.39 is 5.41 Å². The molecule has 1 heterocycles. The van der Waals surface area contributed by atoms with Crippen LogP contribution in [0.3, 0.4) is 0 Å². The lowest BCUT2D eigenvalue weighted by atomic mass is 10.0. The van der Waals surface area contributed by atoms with Crippen LogP contribution in [-0.4, -0.2) is 35.7 Å². The maximum Gasteiger partial charge on any atom is 0.240 e. The Morgan fingerprint density at radius 2 is 1.40 bits per heavy atom. The van der Waals surface area contributed by atoms with Crippen LogP contribution in [-0.2, 0) is 14.4 Å². The number of rotatable bonds is 4. The van der Waals surface area contributed by atoms with Gasteiger partial charge in [0.25, 0.3) is 0 Å². The molecule has 2 fully saturated rings. The molecule has 6 heteroatoms. The number of hydrogen-bond acceptors (Lipinski definition) is 3. The van der Waals surface area contributed by atoms with Crippen LogP contribution in [0.25, 0.3) is 0 Å². The Balaban J connectivity index is 1.63. The molecule has 1 aliphatic heterocycles. The normalized spacial score (nSPS) is 18.8. The van der Waals surface area contributed by atoms with Gasteiger partial charge in [0.05, 0.1) is 0 Å². The van der Waals surface area contributed by atoms with Gasteiger partial charge in [-0.05, 0) is 49.9 Å². The van der Waals surface area contributed by atoms with Crippen molar-refractivity contribution in [2.24, 2.45) is 5.41 Å². The topological polar surface area (TPSA) is 78.5 Å². The zero-order valence-electron chi connectivity index (χ0n) is 14.6. The van der Waals surface area contributed by atoms with Crippen LogP contribution in [0.1, 0.15) is 45.4 Å². The number of carbonyl (C=O) groups is 3. The van der Waals surface area contributed by atoms with Crippen molar-refractivity contribution in [1.29, 1.82) is 0 Å². The minimum Gasteiger partial charge on any atom is -0.342 e. The summed E-state index contributed by atoms with van der Waals surface area (Å²) in [4.78, 5) is 38.5. The molecule has 1 aromatic carbocycles. The maximum atomic E-state index is 12.9. The van der Waals surface area contributed by atoms with Crippen molar-refractivity contribution in [2.75, 3.05) is 23.7 Å². The highest BCUT2D eigenvalue weighted by atomic mass is 16.2. The standard InChI is InChI=1S/C19H25N3O3/c1-14(23)20-15-6-8-16(9-7-15)21-17(24)19(10-11-19)18(25)22-12-4-2-3-5-13-22/h6-9H,2-5,10-13H2,1H3,(H,20,23)(H,21,24). The molecule has 0 aromatic heterocycles. The van der Waals surface area contributed by atoms with Gasteiger partial charge in [0.15, 0.2) is 0 Å². The second kappa shape index (κ2) is 7.25. The first-order valence-corrected chi connectivity index (χ1v) is 9.00. The first-order chi connectivity index (χ1) is 12.0. The summed E-state index contributed by atoms with van der Waals surface area (Å²) in [6.45, 7) is 2.97. The molecule has 1 saturated heterocycles. The Morgan fingerprint density at radius 3 is 1.88 bits per heavy atom. The molecule has 1 saturated carbocycles. The Morgan fingerprint density at radius 1 is 0.880 bits per heavy atom. The van der Waals surface area contributed by atoms with Crippen LogP contribution in [0.15, 0.2) is 24.3 Å². The monoisotopic (exact) mass is 343 g/mol. The van der Waals surface area contributed by atoms with E-state index in [1.54, 1.807) is 24.3 Å². The Labute approximate surface area is 148 Å². The average Bonchev–Trinajstić information content (AvgIpc) is 3.40. The number of nitrogens with zero attached hydrogens (tertiary/aromatic N) is 1. The van der Waals surface area contributed by atoms with Gasteiger partial charge in [0.2, 0.25) is 17.7 Å². The molecule has 0 spiro atoms. The van der Waals surface area contributed by atoms with Gasteiger partial charge in [-0.15, -0.1) is 0 Å². The lowest BCUT2D eigenvalue weighted by molar-refractivity contribution is -0.142. The first kappa shape index (κ1) is 17.5. The van der Waals surface area contributed by atoms with Crippen molar-refractivity contribution >= 4 is 29.1 Å². The zero-order chi connectivity index (χ0) is 17.9. The molecule has 6 nitrogen and oxygen atoms in total. The molecule has 1 aliphatic carbocycles. The molecule has 3 amide bonds. The summed E-state index contributed by atoms with van der Waals surface area (Å²) in [5.74, 6) is -0.368. The van der Waals surface area contributed by atoms with E-state index in [1.807, 2.05) is 4.90 Å². The van der Waals surface area contributed by atoms with Crippen molar-refractivity contribution in [1.82, 2.24) is 4.90 Å². The van der Waals surface area contributed by atoms with Gasteiger partial charge in [-0.3, -0.25) is 14.4 Å². The Kier molecular flexibility index (Phi) is 5.06. The third-order valence-corrected chi connectivity index (χ3v) is 4.95. The molecule has 25 heavy (non-hydrogen) atoms. The fraction of sp³-hybridized carbons (Fsp3) is 0.526. The number of hydrogen-bond donors (Lipinski definition) is 2. The van der Waals surface area contributed by atoms with Crippen molar-refractivity contribution in [3.05, 3.63) is 24.3 Å². The van der Waals surface area contributed by atoms with E-state index in [2.05, 4.69) is 10.6 Å². The summed E-state index contributed by atoms with van der Waals surface area (Å²) < 4.78 is 0. The van der Waals surface area contributed by atoms with Crippen molar-refractivity contribution in [3.63, 3.8) is 0 Å². The highest BCUT2D eigenvalue weighted by Crippen LogP contribution is 2.48. The number of carbonyl (C=O) groups excluding carboxylic acids is 3. The van der Waals surface area contributed by atoms with Crippen LogP contribution >= 0.6 is 0 Å². The largest absolute Gasteiger partial charge is 0.342 e. The van der Waals surface area contributed by atoms with Gasteiger partial charge in [-0.25, -0.2) is 0 Å². The highest BCUT2D eigenvalue weighted by molar-refractivity contribution is 6.13. The van der Waals surface area contributed by atoms with Crippen LogP contribution in [0.2, 0.25) is 0 Å². The predicted octanol–water partition coefficient (Wildman–Crippen LogP) is 2.77. The number of benzene rings is 1. The molecule has 134 valence electrons. The second-order valence-electron chi connectivity index (χ2n) is 7.00. The van der Waals surface area contributed by atoms with Crippen molar-refractivity contribution in [3.8, 4) is 0 Å². The van der Waals surface area contributed by atoms with Crippen molar-refractivity contribution in [2.45, 2.75) is 45.4 Å². The lowest BCUT2D eigenvalue weighted by Gasteiger charge is -2.25. The van der Waals surface area contributed by atoms with Gasteiger partial charge < -0.3 is 15.5 Å². The van der Waals surface area contributed by atoms with E-state index in [-0.39, 0.29) is 17.7 Å². The van der Waals surface area contributed by atoms with Crippen LogP contribution in [0, 0.1) is 5.41 Å². The van der Waals surface area contributed by atoms with E-state index in [9.17, 15) is 14.4 Å². The van der Waals surface area contributed by atoms with E-state index in [0.29, 0.717) is 24.2 Å². The summed E-state index contributed by atoms with van der Waals surface area (Å²) in [5.41, 5.74) is 0.432. The zero-order valence-corrected chi connectivity index (χ0v) is 14.6. The minimum atomic E-state index is -0.874. The lowest BCUT2D eigenvalue weighted by Crippen LogP contribution is -2.43. The fourth-order valence-corrected chi connectivity index (χ4v) is 3.33. The average molecular weight is 343 g/mol. The van der Waals surface area contributed by atoms with Gasteiger partial charge in [-0.1, -0.05) is 12.8 Å². The molecular weight excluding hydrogens is 318 g/mol. The quantitative estimate of drug-likeness (QED) is 0.825. The van der Waals surface area contributed by atoms with Gasteiger partial charge >= 0.3 is 0 Å². The first-order valence-electron chi connectivity index (χ1n) is 9.00. The predicted molar refractivity (Wildman–Crippen MR) is 96.1 cm³/mol. The summed E-state index contributed by atoms with van der Waals surface area (Å²) in [6.07, 6.45) is 5.60. The number of amides is 3. The van der Waals surface area contributed by atoms with Gasteiger partial charge in [0, 0.05) is 31.4 Å².